The van der Waals surface area contributed by atoms with Crippen molar-refractivity contribution in [3.63, 3.8) is 0 Å². The van der Waals surface area contributed by atoms with Crippen LogP contribution >= 0.6 is 11.3 Å². The maximum atomic E-state index is 5.92. The summed E-state index contributed by atoms with van der Waals surface area (Å²) in [4.78, 5) is 5.99. The molecule has 2 nitrogen and oxygen atoms in total. The Bertz CT molecular complexity index is 320. The molecule has 1 atom stereocenters. The number of rotatable bonds is 4. The highest BCUT2D eigenvalue weighted by Gasteiger charge is 2.25. The van der Waals surface area contributed by atoms with Crippen LogP contribution < -0.4 is 5.73 Å². The third kappa shape index (κ3) is 2.64. The van der Waals surface area contributed by atoms with E-state index in [0.29, 0.717) is 5.92 Å². The van der Waals surface area contributed by atoms with Crippen LogP contribution in [0.2, 0.25) is 0 Å². The lowest BCUT2D eigenvalue weighted by Gasteiger charge is -2.20. The minimum atomic E-state index is 0.660. The molecule has 90 valence electrons. The number of aryl methyl sites for hydroxylation is 2. The molecule has 1 heterocycles. The number of hydrogen-bond acceptors (Lipinski definition) is 3. The maximum absolute atomic E-state index is 5.92. The molecule has 1 aliphatic rings. The summed E-state index contributed by atoms with van der Waals surface area (Å²) in [6, 6.07) is 0. The van der Waals surface area contributed by atoms with Crippen LogP contribution in [0.25, 0.3) is 0 Å². The Labute approximate surface area is 102 Å². The van der Waals surface area contributed by atoms with Gasteiger partial charge in [0, 0.05) is 11.3 Å². The van der Waals surface area contributed by atoms with Gasteiger partial charge in [0.2, 0.25) is 0 Å². The van der Waals surface area contributed by atoms with Gasteiger partial charge < -0.3 is 5.73 Å². The first-order valence-corrected chi connectivity index (χ1v) is 7.15. The third-order valence-corrected chi connectivity index (χ3v) is 4.97. The minimum absolute atomic E-state index is 0.660. The van der Waals surface area contributed by atoms with Crippen LogP contribution in [0.4, 0.5) is 0 Å². The van der Waals surface area contributed by atoms with Gasteiger partial charge in [0.25, 0.3) is 0 Å². The molecule has 0 amide bonds. The average Bonchev–Trinajstić information content (AvgIpc) is 2.86. The van der Waals surface area contributed by atoms with E-state index in [1.807, 2.05) is 11.3 Å². The van der Waals surface area contributed by atoms with Crippen molar-refractivity contribution in [3.8, 4) is 0 Å². The number of nitrogens with two attached hydrogens (primary N) is 1. The van der Waals surface area contributed by atoms with Gasteiger partial charge in [-0.25, -0.2) is 4.98 Å². The van der Waals surface area contributed by atoms with Gasteiger partial charge in [0.15, 0.2) is 0 Å². The van der Waals surface area contributed by atoms with E-state index in [-0.39, 0.29) is 0 Å². The van der Waals surface area contributed by atoms with Crippen LogP contribution in [-0.2, 0) is 6.42 Å². The van der Waals surface area contributed by atoms with Gasteiger partial charge >= 0.3 is 0 Å². The van der Waals surface area contributed by atoms with E-state index >= 15 is 0 Å². The topological polar surface area (TPSA) is 38.9 Å². The van der Waals surface area contributed by atoms with Crippen LogP contribution in [0.15, 0.2) is 0 Å². The van der Waals surface area contributed by atoms with Gasteiger partial charge in [-0.2, -0.15) is 0 Å². The molecule has 2 rings (SSSR count). The van der Waals surface area contributed by atoms with Crippen LogP contribution in [0.3, 0.4) is 0 Å². The van der Waals surface area contributed by atoms with Crippen LogP contribution in [0.5, 0.6) is 0 Å². The second kappa shape index (κ2) is 5.28. The van der Waals surface area contributed by atoms with Crippen molar-refractivity contribution in [2.75, 3.05) is 6.54 Å². The van der Waals surface area contributed by atoms with Crippen molar-refractivity contribution < 1.29 is 0 Å². The highest BCUT2D eigenvalue weighted by molar-refractivity contribution is 7.11. The predicted octanol–water partition coefficient (Wildman–Crippen LogP) is 3.07. The fraction of sp³-hybridized carbons (Fsp3) is 0.769. The first-order chi connectivity index (χ1) is 7.70. The number of aromatic nitrogens is 1. The zero-order valence-electron chi connectivity index (χ0n) is 10.3. The molecule has 0 bridgehead atoms. The van der Waals surface area contributed by atoms with Gasteiger partial charge in [0.1, 0.15) is 0 Å². The Morgan fingerprint density at radius 3 is 2.56 bits per heavy atom. The fourth-order valence-corrected chi connectivity index (χ4v) is 3.75. The van der Waals surface area contributed by atoms with Crippen molar-refractivity contribution in [1.82, 2.24) is 4.98 Å². The zero-order valence-corrected chi connectivity index (χ0v) is 11.1. The molecule has 1 aromatic rings. The van der Waals surface area contributed by atoms with Crippen molar-refractivity contribution in [2.24, 2.45) is 17.6 Å². The number of nitrogens with zero attached hydrogens (tertiary/aromatic N) is 1. The zero-order chi connectivity index (χ0) is 11.5. The molecule has 1 aliphatic carbocycles. The second-order valence-corrected chi connectivity index (χ2v) is 6.28. The highest BCUT2D eigenvalue weighted by Crippen LogP contribution is 2.33. The predicted molar refractivity (Wildman–Crippen MR) is 69.8 cm³/mol. The summed E-state index contributed by atoms with van der Waals surface area (Å²) < 4.78 is 0. The van der Waals surface area contributed by atoms with E-state index in [1.54, 1.807) is 0 Å². The number of thiazole rings is 1. The summed E-state index contributed by atoms with van der Waals surface area (Å²) in [5.74, 6) is 1.52. The molecule has 1 aromatic heterocycles. The Morgan fingerprint density at radius 2 is 2.06 bits per heavy atom. The molecular formula is C13H22N2S. The van der Waals surface area contributed by atoms with Gasteiger partial charge in [0.05, 0.1) is 10.7 Å². The summed E-state index contributed by atoms with van der Waals surface area (Å²) in [5.41, 5.74) is 7.12. The second-order valence-electron chi connectivity index (χ2n) is 4.99. The molecule has 1 saturated carbocycles. The first kappa shape index (κ1) is 12.1. The van der Waals surface area contributed by atoms with Crippen molar-refractivity contribution >= 4 is 11.3 Å². The van der Waals surface area contributed by atoms with E-state index in [2.05, 4.69) is 18.8 Å². The Kier molecular flexibility index (Phi) is 3.98. The molecule has 0 aliphatic heterocycles. The Hall–Kier alpha value is -0.410. The van der Waals surface area contributed by atoms with Crippen molar-refractivity contribution in [1.29, 1.82) is 0 Å². The average molecular weight is 238 g/mol. The lowest BCUT2D eigenvalue weighted by atomic mass is 9.88. The molecule has 16 heavy (non-hydrogen) atoms. The highest BCUT2D eigenvalue weighted by atomic mass is 32.1. The minimum Gasteiger partial charge on any atom is -0.330 e. The van der Waals surface area contributed by atoms with Crippen LogP contribution in [0.1, 0.15) is 41.3 Å². The van der Waals surface area contributed by atoms with Crippen LogP contribution in [0, 0.1) is 25.7 Å². The van der Waals surface area contributed by atoms with Crippen molar-refractivity contribution in [2.45, 2.75) is 46.0 Å². The smallest absolute Gasteiger partial charge is 0.0934 e. The largest absolute Gasteiger partial charge is 0.330 e. The summed E-state index contributed by atoms with van der Waals surface area (Å²) in [5, 5.41) is 1.29. The third-order valence-electron chi connectivity index (χ3n) is 3.88. The van der Waals surface area contributed by atoms with Crippen LogP contribution in [-0.4, -0.2) is 11.5 Å². The van der Waals surface area contributed by atoms with Gasteiger partial charge in [-0.3, -0.25) is 0 Å². The van der Waals surface area contributed by atoms with Gasteiger partial charge in [-0.1, -0.05) is 25.7 Å². The molecule has 0 saturated heterocycles. The Morgan fingerprint density at radius 1 is 1.38 bits per heavy atom. The quantitative estimate of drug-likeness (QED) is 0.875. The lowest BCUT2D eigenvalue weighted by molar-refractivity contribution is 0.344. The molecule has 2 N–H and O–H groups in total. The molecule has 0 aromatic carbocycles. The molecular weight excluding hydrogens is 216 g/mol. The van der Waals surface area contributed by atoms with Gasteiger partial charge in [-0.15, -0.1) is 11.3 Å². The van der Waals surface area contributed by atoms with E-state index in [4.69, 9.17) is 5.73 Å². The van der Waals surface area contributed by atoms with E-state index in [0.717, 1.165) is 18.9 Å². The first-order valence-electron chi connectivity index (χ1n) is 6.33. The van der Waals surface area contributed by atoms with Crippen molar-refractivity contribution in [3.05, 3.63) is 15.6 Å². The molecule has 3 heteroatoms. The molecule has 1 fully saturated rings. The number of hydrogen-bond donors (Lipinski definition) is 1. The lowest BCUT2D eigenvalue weighted by Crippen LogP contribution is -2.23. The molecule has 0 spiro atoms. The summed E-state index contributed by atoms with van der Waals surface area (Å²) in [6.07, 6.45) is 6.66. The molecule has 0 radical (unpaired) electrons. The molecule has 1 unspecified atom stereocenters. The monoisotopic (exact) mass is 238 g/mol. The summed E-state index contributed by atoms with van der Waals surface area (Å²) >= 11 is 1.85. The fourth-order valence-electron chi connectivity index (χ4n) is 2.72. The summed E-state index contributed by atoms with van der Waals surface area (Å²) in [6.45, 7) is 5.08. The SMILES string of the molecule is Cc1nc(CC(CN)C2CCCC2)sc1C. The van der Waals surface area contributed by atoms with E-state index < -0.39 is 0 Å². The normalized spacial score (nSPS) is 19.2. The maximum Gasteiger partial charge on any atom is 0.0934 e. The van der Waals surface area contributed by atoms with Gasteiger partial charge in [-0.05, 0) is 32.2 Å². The Balaban J connectivity index is 2.00. The standard InChI is InChI=1S/C13H22N2S/c1-9-10(2)16-13(15-9)7-12(8-14)11-5-3-4-6-11/h11-12H,3-8,14H2,1-2H3. The summed E-state index contributed by atoms with van der Waals surface area (Å²) in [7, 11) is 0. The van der Waals surface area contributed by atoms with E-state index in [1.165, 1.54) is 41.3 Å². The van der Waals surface area contributed by atoms with E-state index in [9.17, 15) is 0 Å².